The summed E-state index contributed by atoms with van der Waals surface area (Å²) in [4.78, 5) is 16.1. The van der Waals surface area contributed by atoms with Gasteiger partial charge in [0.15, 0.2) is 0 Å². The standard InChI is InChI=1S/C19H24F3N3O4/c1-3-28-12-13-29-15-7-5-4-6-14(15)16(26)23-9-8-18(27,19(20,21)22)17-24-10-11-25(17)2/h4-7,10-11,27H,3,8-9,12-13H2,1-2H3,(H,23,26). The highest BCUT2D eigenvalue weighted by molar-refractivity contribution is 5.96. The summed E-state index contributed by atoms with van der Waals surface area (Å²) in [5.41, 5.74) is -3.01. The molecule has 1 amide bonds. The number of aliphatic hydroxyl groups is 1. The molecule has 0 aliphatic rings. The molecule has 1 unspecified atom stereocenters. The Morgan fingerprint density at radius 3 is 2.62 bits per heavy atom. The van der Waals surface area contributed by atoms with Crippen molar-refractivity contribution in [1.29, 1.82) is 0 Å². The lowest BCUT2D eigenvalue weighted by Crippen LogP contribution is -2.46. The fraction of sp³-hybridized carbons (Fsp3) is 0.474. The van der Waals surface area contributed by atoms with Crippen LogP contribution >= 0.6 is 0 Å². The molecule has 0 saturated heterocycles. The highest BCUT2D eigenvalue weighted by atomic mass is 19.4. The topological polar surface area (TPSA) is 85.6 Å². The minimum atomic E-state index is -4.96. The Hall–Kier alpha value is -2.59. The quantitative estimate of drug-likeness (QED) is 0.582. The fourth-order valence-electron chi connectivity index (χ4n) is 2.73. The maximum atomic E-state index is 13.5. The van der Waals surface area contributed by atoms with Crippen molar-refractivity contribution in [3.8, 4) is 5.75 Å². The first-order valence-corrected chi connectivity index (χ1v) is 9.05. The van der Waals surface area contributed by atoms with Gasteiger partial charge in [-0.3, -0.25) is 4.79 Å². The zero-order valence-corrected chi connectivity index (χ0v) is 16.2. The highest BCUT2D eigenvalue weighted by Gasteiger charge is 2.57. The molecule has 2 rings (SSSR count). The Morgan fingerprint density at radius 1 is 1.28 bits per heavy atom. The Kier molecular flexibility index (Phi) is 7.63. The lowest BCUT2D eigenvalue weighted by Gasteiger charge is -2.30. The van der Waals surface area contributed by atoms with Crippen molar-refractivity contribution >= 4 is 5.91 Å². The molecular formula is C19H24F3N3O4. The lowest BCUT2D eigenvalue weighted by molar-refractivity contribution is -0.272. The first-order chi connectivity index (χ1) is 13.7. The molecule has 0 aliphatic heterocycles. The van der Waals surface area contributed by atoms with Crippen LogP contribution in [0.25, 0.3) is 0 Å². The van der Waals surface area contributed by atoms with Gasteiger partial charge < -0.3 is 24.5 Å². The number of nitrogens with one attached hydrogen (secondary N) is 1. The number of hydrogen-bond acceptors (Lipinski definition) is 5. The Morgan fingerprint density at radius 2 is 2.00 bits per heavy atom. The van der Waals surface area contributed by atoms with Crippen molar-refractivity contribution in [2.75, 3.05) is 26.4 Å². The summed E-state index contributed by atoms with van der Waals surface area (Å²) in [5, 5.41) is 12.7. The zero-order valence-electron chi connectivity index (χ0n) is 16.2. The van der Waals surface area contributed by atoms with E-state index in [2.05, 4.69) is 10.3 Å². The van der Waals surface area contributed by atoms with Gasteiger partial charge in [0.25, 0.3) is 5.91 Å². The van der Waals surface area contributed by atoms with E-state index in [1.165, 1.54) is 25.5 Å². The van der Waals surface area contributed by atoms with E-state index in [9.17, 15) is 23.1 Å². The number of carbonyl (C=O) groups excluding carboxylic acids is 1. The summed E-state index contributed by atoms with van der Waals surface area (Å²) < 4.78 is 52.3. The number of alkyl halides is 3. The van der Waals surface area contributed by atoms with Gasteiger partial charge in [-0.25, -0.2) is 4.98 Å². The summed E-state index contributed by atoms with van der Waals surface area (Å²) >= 11 is 0. The minimum Gasteiger partial charge on any atom is -0.490 e. The van der Waals surface area contributed by atoms with E-state index < -0.39 is 36.5 Å². The van der Waals surface area contributed by atoms with Crippen molar-refractivity contribution < 1.29 is 32.5 Å². The van der Waals surface area contributed by atoms with Gasteiger partial charge in [0.05, 0.1) is 12.2 Å². The van der Waals surface area contributed by atoms with Crippen molar-refractivity contribution in [1.82, 2.24) is 14.9 Å². The number of ether oxygens (including phenoxy) is 2. The first kappa shape index (κ1) is 22.7. The predicted molar refractivity (Wildman–Crippen MR) is 98.5 cm³/mol. The maximum absolute atomic E-state index is 13.5. The smallest absolute Gasteiger partial charge is 0.424 e. The van der Waals surface area contributed by atoms with Crippen molar-refractivity contribution in [2.45, 2.75) is 25.1 Å². The van der Waals surface area contributed by atoms with Crippen LogP contribution in [0, 0.1) is 0 Å². The Bertz CT molecular complexity index is 810. The van der Waals surface area contributed by atoms with Crippen LogP contribution in [0.5, 0.6) is 5.75 Å². The number of halogens is 3. The van der Waals surface area contributed by atoms with Crippen molar-refractivity contribution in [2.24, 2.45) is 7.05 Å². The molecule has 0 fully saturated rings. The SMILES string of the molecule is CCOCCOc1ccccc1C(=O)NCCC(O)(c1nccn1C)C(F)(F)F. The maximum Gasteiger partial charge on any atom is 0.424 e. The molecule has 1 aromatic carbocycles. The number of hydrogen-bond donors (Lipinski definition) is 2. The number of amides is 1. The number of imidazole rings is 1. The third kappa shape index (κ3) is 5.48. The molecule has 0 bridgehead atoms. The third-order valence-corrected chi connectivity index (χ3v) is 4.25. The second-order valence-corrected chi connectivity index (χ2v) is 6.27. The average molecular weight is 415 g/mol. The molecular weight excluding hydrogens is 391 g/mol. The van der Waals surface area contributed by atoms with Gasteiger partial charge in [0.2, 0.25) is 5.60 Å². The Labute approximate surface area is 166 Å². The van der Waals surface area contributed by atoms with Crippen LogP contribution in [0.15, 0.2) is 36.7 Å². The molecule has 1 heterocycles. The molecule has 0 spiro atoms. The van der Waals surface area contributed by atoms with Gasteiger partial charge in [-0.1, -0.05) is 12.1 Å². The second kappa shape index (κ2) is 9.75. The Balaban J connectivity index is 2.04. The van der Waals surface area contributed by atoms with Gasteiger partial charge in [-0.2, -0.15) is 13.2 Å². The zero-order chi connectivity index (χ0) is 21.5. The number of benzene rings is 1. The van der Waals surface area contributed by atoms with E-state index in [1.54, 1.807) is 18.2 Å². The number of nitrogens with zero attached hydrogens (tertiary/aromatic N) is 2. The van der Waals surface area contributed by atoms with Crippen LogP contribution in [-0.2, 0) is 17.4 Å². The molecule has 7 nitrogen and oxygen atoms in total. The predicted octanol–water partition coefficient (Wildman–Crippen LogP) is 2.41. The van der Waals surface area contributed by atoms with Gasteiger partial charge in [-0.15, -0.1) is 0 Å². The van der Waals surface area contributed by atoms with Gasteiger partial charge >= 0.3 is 6.18 Å². The van der Waals surface area contributed by atoms with E-state index in [0.29, 0.717) is 19.0 Å². The number of carbonyl (C=O) groups is 1. The highest BCUT2D eigenvalue weighted by Crippen LogP contribution is 2.40. The molecule has 29 heavy (non-hydrogen) atoms. The average Bonchev–Trinajstić information content (AvgIpc) is 3.11. The van der Waals surface area contributed by atoms with Crippen LogP contribution in [-0.4, -0.2) is 53.1 Å². The molecule has 2 N–H and O–H groups in total. The normalized spacial score (nSPS) is 13.7. The molecule has 0 radical (unpaired) electrons. The van der Waals surface area contributed by atoms with E-state index in [1.807, 2.05) is 6.92 Å². The number of aromatic nitrogens is 2. The monoisotopic (exact) mass is 415 g/mol. The first-order valence-electron chi connectivity index (χ1n) is 9.05. The summed E-state index contributed by atoms with van der Waals surface area (Å²) in [6.45, 7) is 2.52. The van der Waals surface area contributed by atoms with Crippen LogP contribution in [0.3, 0.4) is 0 Å². The summed E-state index contributed by atoms with van der Waals surface area (Å²) in [6, 6.07) is 6.38. The van der Waals surface area contributed by atoms with Crippen LogP contribution in [0.1, 0.15) is 29.5 Å². The fourth-order valence-corrected chi connectivity index (χ4v) is 2.73. The molecule has 0 saturated carbocycles. The number of rotatable bonds is 10. The minimum absolute atomic E-state index is 0.177. The molecule has 1 aromatic heterocycles. The van der Waals surface area contributed by atoms with Crippen LogP contribution in [0.4, 0.5) is 13.2 Å². The molecule has 0 aliphatic carbocycles. The van der Waals surface area contributed by atoms with Gasteiger partial charge in [-0.05, 0) is 19.1 Å². The van der Waals surface area contributed by atoms with Crippen LogP contribution < -0.4 is 10.1 Å². The van der Waals surface area contributed by atoms with Gasteiger partial charge in [0.1, 0.15) is 18.2 Å². The lowest BCUT2D eigenvalue weighted by atomic mass is 9.97. The summed E-state index contributed by atoms with van der Waals surface area (Å²) in [7, 11) is 1.35. The van der Waals surface area contributed by atoms with E-state index in [4.69, 9.17) is 9.47 Å². The van der Waals surface area contributed by atoms with Crippen LogP contribution in [0.2, 0.25) is 0 Å². The van der Waals surface area contributed by atoms with Crippen molar-refractivity contribution in [3.05, 3.63) is 48.0 Å². The van der Waals surface area contributed by atoms with E-state index in [0.717, 1.165) is 4.57 Å². The van der Waals surface area contributed by atoms with Crippen molar-refractivity contribution in [3.63, 3.8) is 0 Å². The number of aryl methyl sites for hydroxylation is 1. The van der Waals surface area contributed by atoms with E-state index >= 15 is 0 Å². The third-order valence-electron chi connectivity index (χ3n) is 4.25. The number of para-hydroxylation sites is 1. The molecule has 2 aromatic rings. The summed E-state index contributed by atoms with van der Waals surface area (Å²) in [6.07, 6.45) is -3.28. The largest absolute Gasteiger partial charge is 0.490 e. The second-order valence-electron chi connectivity index (χ2n) is 6.27. The molecule has 10 heteroatoms. The molecule has 1 atom stereocenters. The van der Waals surface area contributed by atoms with Gasteiger partial charge in [0, 0.05) is 39.0 Å². The summed E-state index contributed by atoms with van der Waals surface area (Å²) in [5.74, 6) is -0.861. The van der Waals surface area contributed by atoms with E-state index in [-0.39, 0.29) is 12.2 Å². The molecule has 160 valence electrons.